The van der Waals surface area contributed by atoms with E-state index in [-0.39, 0.29) is 5.91 Å². The van der Waals surface area contributed by atoms with E-state index in [1.54, 1.807) is 17.4 Å². The third-order valence-electron chi connectivity index (χ3n) is 3.55. The van der Waals surface area contributed by atoms with Gasteiger partial charge in [-0.1, -0.05) is 6.07 Å². The zero-order chi connectivity index (χ0) is 14.5. The van der Waals surface area contributed by atoms with Crippen LogP contribution in [0.3, 0.4) is 0 Å². The number of carbonyl (C=O) groups is 1. The molecule has 0 bridgehead atoms. The van der Waals surface area contributed by atoms with Gasteiger partial charge in [-0.25, -0.2) is 9.97 Å². The van der Waals surface area contributed by atoms with Gasteiger partial charge in [0.1, 0.15) is 17.8 Å². The minimum absolute atomic E-state index is 0.130. The Balaban J connectivity index is 1.57. The van der Waals surface area contributed by atoms with Crippen LogP contribution in [0.15, 0.2) is 29.9 Å². The molecule has 1 N–H and O–H groups in total. The number of rotatable bonds is 5. The van der Waals surface area contributed by atoms with Crippen LogP contribution >= 0.6 is 11.3 Å². The molecule has 6 heteroatoms. The lowest BCUT2D eigenvalue weighted by molar-refractivity contribution is 0.0949. The predicted molar refractivity (Wildman–Crippen MR) is 83.8 cm³/mol. The number of nitrogens with zero attached hydrogens (tertiary/aromatic N) is 3. The highest BCUT2D eigenvalue weighted by Crippen LogP contribution is 2.17. The van der Waals surface area contributed by atoms with Gasteiger partial charge >= 0.3 is 0 Å². The van der Waals surface area contributed by atoms with Gasteiger partial charge in [-0.05, 0) is 30.7 Å². The van der Waals surface area contributed by atoms with E-state index in [0.717, 1.165) is 25.3 Å². The van der Waals surface area contributed by atoms with Gasteiger partial charge in [-0.15, -0.1) is 11.3 Å². The smallest absolute Gasteiger partial charge is 0.270 e. The first-order valence-electron chi connectivity index (χ1n) is 7.20. The average Bonchev–Trinajstić information content (AvgIpc) is 3.21. The second-order valence-electron chi connectivity index (χ2n) is 5.04. The quantitative estimate of drug-likeness (QED) is 0.919. The number of thiophene rings is 1. The first kappa shape index (κ1) is 14.0. The fourth-order valence-corrected chi connectivity index (χ4v) is 3.14. The second kappa shape index (κ2) is 6.67. The van der Waals surface area contributed by atoms with Crippen molar-refractivity contribution in [3.8, 4) is 0 Å². The molecule has 0 saturated carbocycles. The topological polar surface area (TPSA) is 58.1 Å². The van der Waals surface area contributed by atoms with Gasteiger partial charge in [0.2, 0.25) is 0 Å². The van der Waals surface area contributed by atoms with E-state index in [9.17, 15) is 4.79 Å². The highest BCUT2D eigenvalue weighted by Gasteiger charge is 2.16. The summed E-state index contributed by atoms with van der Waals surface area (Å²) >= 11 is 1.71. The van der Waals surface area contributed by atoms with Gasteiger partial charge in [0.05, 0.1) is 0 Å². The normalized spacial score (nSPS) is 14.4. The Labute approximate surface area is 128 Å². The fraction of sp³-hybridized carbons (Fsp3) is 0.400. The molecule has 5 nitrogen and oxygen atoms in total. The zero-order valence-corrected chi connectivity index (χ0v) is 12.6. The Morgan fingerprint density at radius 3 is 2.95 bits per heavy atom. The Morgan fingerprint density at radius 1 is 1.33 bits per heavy atom. The van der Waals surface area contributed by atoms with Crippen LogP contribution in [0.2, 0.25) is 0 Å². The number of anilines is 1. The molecule has 1 aliphatic heterocycles. The van der Waals surface area contributed by atoms with Crippen molar-refractivity contribution in [2.24, 2.45) is 0 Å². The third kappa shape index (κ3) is 3.58. The van der Waals surface area contributed by atoms with Crippen molar-refractivity contribution in [3.05, 3.63) is 40.5 Å². The van der Waals surface area contributed by atoms with Gasteiger partial charge in [0, 0.05) is 30.6 Å². The molecule has 0 atom stereocenters. The van der Waals surface area contributed by atoms with Crippen molar-refractivity contribution in [1.29, 1.82) is 0 Å². The summed E-state index contributed by atoms with van der Waals surface area (Å²) in [6.07, 6.45) is 4.70. The molecule has 1 aliphatic rings. The molecule has 3 heterocycles. The van der Waals surface area contributed by atoms with Crippen molar-refractivity contribution in [3.63, 3.8) is 0 Å². The molecule has 0 spiro atoms. The summed E-state index contributed by atoms with van der Waals surface area (Å²) in [5, 5.41) is 4.96. The predicted octanol–water partition coefficient (Wildman–Crippen LogP) is 2.11. The SMILES string of the molecule is O=C(NCCc1cccs1)c1cc(N2CCCC2)ncn1. The number of amides is 1. The summed E-state index contributed by atoms with van der Waals surface area (Å²) in [6, 6.07) is 5.88. The minimum atomic E-state index is -0.130. The molecule has 0 unspecified atom stereocenters. The molecule has 1 saturated heterocycles. The number of carbonyl (C=O) groups excluding carboxylic acids is 1. The Kier molecular flexibility index (Phi) is 4.45. The monoisotopic (exact) mass is 302 g/mol. The largest absolute Gasteiger partial charge is 0.357 e. The van der Waals surface area contributed by atoms with Crippen molar-refractivity contribution in [1.82, 2.24) is 15.3 Å². The number of hydrogen-bond acceptors (Lipinski definition) is 5. The summed E-state index contributed by atoms with van der Waals surface area (Å²) in [5.41, 5.74) is 0.443. The van der Waals surface area contributed by atoms with Crippen LogP contribution in [-0.4, -0.2) is 35.5 Å². The molecular formula is C15H18N4OS. The average molecular weight is 302 g/mol. The van der Waals surface area contributed by atoms with E-state index >= 15 is 0 Å². The molecule has 21 heavy (non-hydrogen) atoms. The first-order valence-corrected chi connectivity index (χ1v) is 8.08. The van der Waals surface area contributed by atoms with E-state index in [4.69, 9.17) is 0 Å². The number of aromatic nitrogens is 2. The van der Waals surface area contributed by atoms with E-state index in [0.29, 0.717) is 12.2 Å². The van der Waals surface area contributed by atoms with Crippen LogP contribution in [0, 0.1) is 0 Å². The number of nitrogens with one attached hydrogen (secondary N) is 1. The van der Waals surface area contributed by atoms with Crippen molar-refractivity contribution in [2.75, 3.05) is 24.5 Å². The van der Waals surface area contributed by atoms with Crippen molar-refractivity contribution in [2.45, 2.75) is 19.3 Å². The van der Waals surface area contributed by atoms with Crippen molar-refractivity contribution < 1.29 is 4.79 Å². The molecule has 1 amide bonds. The van der Waals surface area contributed by atoms with Gasteiger partial charge in [0.15, 0.2) is 0 Å². The second-order valence-corrected chi connectivity index (χ2v) is 6.07. The molecule has 0 aliphatic carbocycles. The maximum absolute atomic E-state index is 12.1. The first-order chi connectivity index (χ1) is 10.3. The molecule has 2 aromatic heterocycles. The molecule has 0 aromatic carbocycles. The molecule has 1 fully saturated rings. The standard InChI is InChI=1S/C15H18N4OS/c20-15(16-6-5-12-4-3-9-21-12)13-10-14(18-11-17-13)19-7-1-2-8-19/h3-4,9-11H,1-2,5-8H2,(H,16,20). The maximum Gasteiger partial charge on any atom is 0.270 e. The lowest BCUT2D eigenvalue weighted by Gasteiger charge is -2.16. The van der Waals surface area contributed by atoms with E-state index in [2.05, 4.69) is 26.3 Å². The highest BCUT2D eigenvalue weighted by molar-refractivity contribution is 7.09. The molecular weight excluding hydrogens is 284 g/mol. The molecule has 0 radical (unpaired) electrons. The lowest BCUT2D eigenvalue weighted by Crippen LogP contribution is -2.27. The van der Waals surface area contributed by atoms with Crippen LogP contribution in [0.25, 0.3) is 0 Å². The Morgan fingerprint density at radius 2 is 2.19 bits per heavy atom. The van der Waals surface area contributed by atoms with E-state index in [1.807, 2.05) is 11.4 Å². The van der Waals surface area contributed by atoms with Crippen LogP contribution in [-0.2, 0) is 6.42 Å². The summed E-state index contributed by atoms with van der Waals surface area (Å²) < 4.78 is 0. The van der Waals surface area contributed by atoms with Gasteiger partial charge < -0.3 is 10.2 Å². The van der Waals surface area contributed by atoms with Crippen molar-refractivity contribution >= 4 is 23.1 Å². The maximum atomic E-state index is 12.1. The van der Waals surface area contributed by atoms with E-state index < -0.39 is 0 Å². The fourth-order valence-electron chi connectivity index (χ4n) is 2.44. The third-order valence-corrected chi connectivity index (χ3v) is 4.49. The summed E-state index contributed by atoms with van der Waals surface area (Å²) in [5.74, 6) is 0.723. The van der Waals surface area contributed by atoms with Crippen LogP contribution in [0.1, 0.15) is 28.2 Å². The van der Waals surface area contributed by atoms with Gasteiger partial charge in [-0.2, -0.15) is 0 Å². The summed E-state index contributed by atoms with van der Waals surface area (Å²) in [7, 11) is 0. The summed E-state index contributed by atoms with van der Waals surface area (Å²) in [4.78, 5) is 23.9. The van der Waals surface area contributed by atoms with Crippen LogP contribution in [0.5, 0.6) is 0 Å². The van der Waals surface area contributed by atoms with E-state index in [1.165, 1.54) is 24.0 Å². The molecule has 2 aromatic rings. The highest BCUT2D eigenvalue weighted by atomic mass is 32.1. The summed E-state index contributed by atoms with van der Waals surface area (Å²) in [6.45, 7) is 2.65. The Bertz CT molecular complexity index is 593. The van der Waals surface area contributed by atoms with Crippen LogP contribution < -0.4 is 10.2 Å². The zero-order valence-electron chi connectivity index (χ0n) is 11.8. The minimum Gasteiger partial charge on any atom is -0.357 e. The molecule has 3 rings (SSSR count). The number of hydrogen-bond donors (Lipinski definition) is 1. The van der Waals surface area contributed by atoms with Gasteiger partial charge in [-0.3, -0.25) is 4.79 Å². The van der Waals surface area contributed by atoms with Crippen LogP contribution in [0.4, 0.5) is 5.82 Å². The van der Waals surface area contributed by atoms with Gasteiger partial charge in [0.25, 0.3) is 5.91 Å². The lowest BCUT2D eigenvalue weighted by atomic mass is 10.3. The Hall–Kier alpha value is -1.95. The molecule has 110 valence electrons.